The molecule has 0 aromatic heterocycles. The van der Waals surface area contributed by atoms with Gasteiger partial charge in [-0.3, -0.25) is 0 Å². The smallest absolute Gasteiger partial charge is 0.288 e. The molecule has 2 aromatic rings. The van der Waals surface area contributed by atoms with Crippen molar-refractivity contribution in [3.63, 3.8) is 0 Å². The van der Waals surface area contributed by atoms with Crippen LogP contribution >= 0.6 is 0 Å². The lowest BCUT2D eigenvalue weighted by atomic mass is 10.1. The molecule has 0 bridgehead atoms. The number of hydrogen-bond acceptors (Lipinski definition) is 5. The Morgan fingerprint density at radius 2 is 1.82 bits per heavy atom. The van der Waals surface area contributed by atoms with Gasteiger partial charge in [0.2, 0.25) is 0 Å². The maximum Gasteiger partial charge on any atom is 0.288 e. The molecule has 2 aromatic carbocycles. The van der Waals surface area contributed by atoms with E-state index in [0.29, 0.717) is 29.3 Å². The molecule has 0 unspecified atom stereocenters. The van der Waals surface area contributed by atoms with Crippen LogP contribution in [0.1, 0.15) is 18.9 Å². The number of hydrogen-bond donors (Lipinski definition) is 0. The quantitative estimate of drug-likeness (QED) is 0.855. The lowest BCUT2D eigenvalue weighted by Gasteiger charge is -2.31. The molecule has 6 heteroatoms. The largest absolute Gasteiger partial charge is 0.453 e. The molecule has 1 heterocycles. The molecule has 0 atom stereocenters. The number of aryl methyl sites for hydroxylation is 1. The van der Waals surface area contributed by atoms with E-state index in [1.165, 1.54) is 5.06 Å². The minimum atomic E-state index is -3.66. The molecule has 0 spiro atoms. The van der Waals surface area contributed by atoms with Crippen molar-refractivity contribution >= 4 is 21.5 Å². The zero-order chi connectivity index (χ0) is 15.7. The van der Waals surface area contributed by atoms with Gasteiger partial charge in [0.25, 0.3) is 10.1 Å². The summed E-state index contributed by atoms with van der Waals surface area (Å²) in [6, 6.07) is 12.7. The lowest BCUT2D eigenvalue weighted by molar-refractivity contribution is 0.307. The van der Waals surface area contributed by atoms with Crippen molar-refractivity contribution in [2.24, 2.45) is 0 Å². The van der Waals surface area contributed by atoms with Crippen LogP contribution in [0, 0.1) is 6.92 Å². The van der Waals surface area contributed by atoms with Crippen LogP contribution in [0.15, 0.2) is 42.5 Å². The van der Waals surface area contributed by atoms with E-state index in [4.69, 9.17) is 9.02 Å². The first-order valence-corrected chi connectivity index (χ1v) is 8.68. The Morgan fingerprint density at radius 3 is 2.59 bits per heavy atom. The summed E-state index contributed by atoms with van der Waals surface area (Å²) in [7, 11) is -3.66. The Labute approximate surface area is 130 Å². The summed E-state index contributed by atoms with van der Waals surface area (Å²) in [5.41, 5.74) is 2.06. The number of anilines is 2. The summed E-state index contributed by atoms with van der Waals surface area (Å²) >= 11 is 0. The predicted molar refractivity (Wildman–Crippen MR) is 85.0 cm³/mol. The van der Waals surface area contributed by atoms with E-state index in [1.807, 2.05) is 31.2 Å². The van der Waals surface area contributed by atoms with Crippen molar-refractivity contribution in [2.75, 3.05) is 10.8 Å². The molecule has 0 N–H and O–H groups in total. The Bertz CT molecular complexity index is 802. The first-order valence-electron chi connectivity index (χ1n) is 7.11. The minimum absolute atomic E-state index is 0.0340. The van der Waals surface area contributed by atoms with Crippen molar-refractivity contribution in [3.8, 4) is 11.5 Å². The summed E-state index contributed by atoms with van der Waals surface area (Å²) in [6.45, 7) is 3.69. The van der Waals surface area contributed by atoms with Crippen LogP contribution in [0.4, 0.5) is 11.4 Å². The summed E-state index contributed by atoms with van der Waals surface area (Å²) in [6.07, 6.45) is 0.495. The maximum absolute atomic E-state index is 12.1. The van der Waals surface area contributed by atoms with E-state index in [0.717, 1.165) is 5.56 Å². The number of para-hydroxylation sites is 3. The molecule has 3 rings (SSSR count). The van der Waals surface area contributed by atoms with Crippen molar-refractivity contribution in [1.29, 1.82) is 0 Å². The molecule has 0 radical (unpaired) electrons. The van der Waals surface area contributed by atoms with Crippen molar-refractivity contribution in [3.05, 3.63) is 48.0 Å². The van der Waals surface area contributed by atoms with Gasteiger partial charge < -0.3 is 4.74 Å². The lowest BCUT2D eigenvalue weighted by Crippen LogP contribution is -2.27. The fourth-order valence-electron chi connectivity index (χ4n) is 2.40. The third kappa shape index (κ3) is 2.67. The highest BCUT2D eigenvalue weighted by atomic mass is 32.2. The van der Waals surface area contributed by atoms with Gasteiger partial charge in [-0.15, -0.1) is 4.28 Å². The molecule has 5 nitrogen and oxygen atoms in total. The van der Waals surface area contributed by atoms with Gasteiger partial charge in [-0.2, -0.15) is 13.5 Å². The number of nitrogens with zero attached hydrogens (tertiary/aromatic N) is 1. The molecular weight excluding hydrogens is 302 g/mol. The van der Waals surface area contributed by atoms with Gasteiger partial charge in [-0.25, -0.2) is 0 Å². The van der Waals surface area contributed by atoms with Gasteiger partial charge >= 0.3 is 0 Å². The molecule has 0 saturated heterocycles. The van der Waals surface area contributed by atoms with Gasteiger partial charge in [-0.1, -0.05) is 31.2 Å². The third-order valence-electron chi connectivity index (χ3n) is 3.35. The van der Waals surface area contributed by atoms with Gasteiger partial charge in [-0.05, 0) is 37.1 Å². The highest BCUT2D eigenvalue weighted by Gasteiger charge is 2.30. The van der Waals surface area contributed by atoms with Gasteiger partial charge in [0, 0.05) is 0 Å². The molecule has 0 fully saturated rings. The summed E-state index contributed by atoms with van der Waals surface area (Å²) < 4.78 is 35.5. The fourth-order valence-corrected chi connectivity index (χ4v) is 3.36. The first-order chi connectivity index (χ1) is 10.5. The van der Waals surface area contributed by atoms with Crippen LogP contribution in [0.3, 0.4) is 0 Å². The van der Waals surface area contributed by atoms with E-state index in [-0.39, 0.29) is 5.75 Å². The maximum atomic E-state index is 12.1. The van der Waals surface area contributed by atoms with E-state index in [2.05, 4.69) is 0 Å². The molecule has 0 aliphatic carbocycles. The number of fused-ring (bicyclic) bond motifs is 2. The van der Waals surface area contributed by atoms with E-state index in [9.17, 15) is 8.42 Å². The molecule has 0 saturated carbocycles. The van der Waals surface area contributed by atoms with Crippen molar-refractivity contribution < 1.29 is 17.4 Å². The molecular formula is C16H17NO4S. The summed E-state index contributed by atoms with van der Waals surface area (Å²) in [5.74, 6) is 1.10. The highest BCUT2D eigenvalue weighted by Crippen LogP contribution is 2.48. The molecule has 22 heavy (non-hydrogen) atoms. The van der Waals surface area contributed by atoms with Crippen LogP contribution in [-0.4, -0.2) is 14.2 Å². The van der Waals surface area contributed by atoms with Crippen molar-refractivity contribution in [1.82, 2.24) is 0 Å². The second-order valence-corrected chi connectivity index (χ2v) is 6.79. The monoisotopic (exact) mass is 319 g/mol. The van der Waals surface area contributed by atoms with Gasteiger partial charge in [0.1, 0.15) is 11.4 Å². The second kappa shape index (κ2) is 5.62. The summed E-state index contributed by atoms with van der Waals surface area (Å²) in [4.78, 5) is 0. The van der Waals surface area contributed by atoms with E-state index in [1.54, 1.807) is 25.1 Å². The molecule has 1 aliphatic heterocycles. The van der Waals surface area contributed by atoms with Crippen LogP contribution in [0.25, 0.3) is 0 Å². The van der Waals surface area contributed by atoms with Crippen LogP contribution in [-0.2, 0) is 14.4 Å². The highest BCUT2D eigenvalue weighted by molar-refractivity contribution is 7.86. The Balaban J connectivity index is 2.12. The predicted octanol–water partition coefficient (Wildman–Crippen LogP) is 3.91. The minimum Gasteiger partial charge on any atom is -0.453 e. The second-order valence-electron chi connectivity index (χ2n) is 5.12. The Morgan fingerprint density at radius 1 is 1.09 bits per heavy atom. The third-order valence-corrected chi connectivity index (χ3v) is 4.63. The van der Waals surface area contributed by atoms with Crippen LogP contribution in [0.5, 0.6) is 11.5 Å². The van der Waals surface area contributed by atoms with E-state index < -0.39 is 10.1 Å². The average molecular weight is 319 g/mol. The SMILES string of the molecule is CCCS(=O)(=O)ON1c2ccccc2Oc2cccc(C)c21. The van der Waals surface area contributed by atoms with Gasteiger partial charge in [0.15, 0.2) is 11.5 Å². The Hall–Kier alpha value is -2.05. The molecule has 1 aliphatic rings. The van der Waals surface area contributed by atoms with Crippen molar-refractivity contribution in [2.45, 2.75) is 20.3 Å². The normalized spacial score (nSPS) is 13.3. The fraction of sp³-hybridized carbons (Fsp3) is 0.250. The summed E-state index contributed by atoms with van der Waals surface area (Å²) in [5, 5.41) is 1.36. The van der Waals surface area contributed by atoms with Crippen LogP contribution < -0.4 is 9.80 Å². The molecule has 116 valence electrons. The first kappa shape index (κ1) is 14.9. The topological polar surface area (TPSA) is 55.8 Å². The standard InChI is InChI=1S/C16H17NO4S/c1-3-11-22(18,19)21-17-13-8-4-5-9-14(13)20-15-10-6-7-12(2)16(15)17/h4-10H,3,11H2,1-2H3. The number of benzene rings is 2. The number of rotatable bonds is 4. The number of ether oxygens (including phenoxy) is 1. The van der Waals surface area contributed by atoms with Crippen LogP contribution in [0.2, 0.25) is 0 Å². The zero-order valence-electron chi connectivity index (χ0n) is 12.4. The average Bonchev–Trinajstić information content (AvgIpc) is 2.46. The Kier molecular flexibility index (Phi) is 3.80. The van der Waals surface area contributed by atoms with Gasteiger partial charge in [0.05, 0.1) is 5.75 Å². The zero-order valence-corrected chi connectivity index (χ0v) is 13.3. The van der Waals surface area contributed by atoms with E-state index >= 15 is 0 Å². The molecule has 0 amide bonds.